The minimum atomic E-state index is -0.398. The Labute approximate surface area is 152 Å². The van der Waals surface area contributed by atoms with Crippen LogP contribution in [0.3, 0.4) is 0 Å². The number of rotatable bonds is 8. The summed E-state index contributed by atoms with van der Waals surface area (Å²) in [7, 11) is -0.391. The standard InChI is InChI=1S/C20H32BNO3/c1-6-16(18(22)23)17(14-10-13-15-11-8-7-9-12-15)21-24-19(2,3)20(4,5)25-21/h7-9,11-12,16-17H,6,10,13-14H2,1-5H3,(H2,22,23)/t16?,17-/m0/s1. The minimum absolute atomic E-state index is 0.0211. The number of benzene rings is 1. The second-order valence-corrected chi connectivity index (χ2v) is 8.08. The molecule has 1 unspecified atom stereocenters. The first kappa shape index (κ1) is 20.0. The Hall–Kier alpha value is -1.33. The van der Waals surface area contributed by atoms with Gasteiger partial charge in [0.15, 0.2) is 0 Å². The van der Waals surface area contributed by atoms with Gasteiger partial charge in [0.05, 0.1) is 11.2 Å². The summed E-state index contributed by atoms with van der Waals surface area (Å²) in [6.07, 6.45) is 3.51. The largest absolute Gasteiger partial charge is 0.461 e. The summed E-state index contributed by atoms with van der Waals surface area (Å²) in [4.78, 5) is 12.0. The molecule has 0 aromatic heterocycles. The summed E-state index contributed by atoms with van der Waals surface area (Å²) in [5.41, 5.74) is 6.20. The average molecular weight is 345 g/mol. The minimum Gasteiger partial charge on any atom is -0.403 e. The molecule has 1 aliphatic rings. The Kier molecular flexibility index (Phi) is 6.33. The molecular weight excluding hydrogens is 313 g/mol. The van der Waals surface area contributed by atoms with Gasteiger partial charge in [-0.05, 0) is 52.5 Å². The highest BCUT2D eigenvalue weighted by atomic mass is 16.7. The molecule has 1 fully saturated rings. The van der Waals surface area contributed by atoms with Crippen molar-refractivity contribution in [2.75, 3.05) is 0 Å². The van der Waals surface area contributed by atoms with Gasteiger partial charge < -0.3 is 15.0 Å². The third-order valence-corrected chi connectivity index (χ3v) is 5.79. The Morgan fingerprint density at radius 2 is 1.68 bits per heavy atom. The molecule has 1 aromatic rings. The Bertz CT molecular complexity index is 558. The van der Waals surface area contributed by atoms with Crippen LogP contribution in [0, 0.1) is 5.92 Å². The molecule has 1 heterocycles. The fraction of sp³-hybridized carbons (Fsp3) is 0.650. The van der Waals surface area contributed by atoms with Crippen LogP contribution in [-0.4, -0.2) is 24.2 Å². The summed E-state index contributed by atoms with van der Waals surface area (Å²) in [6.45, 7) is 10.2. The van der Waals surface area contributed by atoms with Crippen molar-refractivity contribution >= 4 is 13.0 Å². The summed E-state index contributed by atoms with van der Waals surface area (Å²) in [5, 5.41) is 0. The summed E-state index contributed by atoms with van der Waals surface area (Å²) < 4.78 is 12.5. The van der Waals surface area contributed by atoms with E-state index in [9.17, 15) is 4.79 Å². The van der Waals surface area contributed by atoms with E-state index in [1.807, 2.05) is 40.7 Å². The van der Waals surface area contributed by atoms with E-state index in [0.717, 1.165) is 19.3 Å². The number of carbonyl (C=O) groups excluding carboxylic acids is 1. The first-order valence-corrected chi connectivity index (χ1v) is 9.37. The zero-order valence-corrected chi connectivity index (χ0v) is 16.2. The highest BCUT2D eigenvalue weighted by Crippen LogP contribution is 2.44. The number of primary amides is 1. The van der Waals surface area contributed by atoms with E-state index in [1.165, 1.54) is 5.56 Å². The molecule has 0 spiro atoms. The Morgan fingerprint density at radius 3 is 2.16 bits per heavy atom. The number of carbonyl (C=O) groups is 1. The number of amides is 1. The molecule has 1 amide bonds. The van der Waals surface area contributed by atoms with Crippen LogP contribution in [0.4, 0.5) is 0 Å². The van der Waals surface area contributed by atoms with Gasteiger partial charge in [0.25, 0.3) is 0 Å². The molecule has 2 atom stereocenters. The quantitative estimate of drug-likeness (QED) is 0.725. The zero-order valence-electron chi connectivity index (χ0n) is 16.2. The van der Waals surface area contributed by atoms with E-state index in [0.29, 0.717) is 6.42 Å². The number of hydrogen-bond donors (Lipinski definition) is 1. The van der Waals surface area contributed by atoms with Crippen molar-refractivity contribution in [3.8, 4) is 0 Å². The first-order chi connectivity index (χ1) is 11.7. The molecular formula is C20H32BNO3. The SMILES string of the molecule is CCC(C(N)=O)[C@H](CCCc1ccccc1)B1OC(C)(C)C(C)(C)O1. The molecule has 1 aliphatic heterocycles. The van der Waals surface area contributed by atoms with Gasteiger partial charge in [0, 0.05) is 11.7 Å². The van der Waals surface area contributed by atoms with Crippen LogP contribution in [-0.2, 0) is 20.5 Å². The second kappa shape index (κ2) is 7.92. The predicted octanol–water partition coefficient (Wildman–Crippen LogP) is 3.98. The monoisotopic (exact) mass is 345 g/mol. The summed E-state index contributed by atoms with van der Waals surface area (Å²) in [5.74, 6) is -0.514. The maximum Gasteiger partial charge on any atom is 0.461 e. The highest BCUT2D eigenvalue weighted by molar-refractivity contribution is 6.48. The van der Waals surface area contributed by atoms with E-state index in [2.05, 4.69) is 24.3 Å². The topological polar surface area (TPSA) is 61.6 Å². The van der Waals surface area contributed by atoms with Crippen molar-refractivity contribution in [3.05, 3.63) is 35.9 Å². The molecule has 138 valence electrons. The van der Waals surface area contributed by atoms with Crippen molar-refractivity contribution < 1.29 is 14.1 Å². The van der Waals surface area contributed by atoms with Gasteiger partial charge in [0.1, 0.15) is 0 Å². The second-order valence-electron chi connectivity index (χ2n) is 8.08. The zero-order chi connectivity index (χ0) is 18.7. The average Bonchev–Trinajstić information content (AvgIpc) is 2.75. The van der Waals surface area contributed by atoms with Gasteiger partial charge in [-0.1, -0.05) is 43.7 Å². The van der Waals surface area contributed by atoms with Crippen LogP contribution in [0.2, 0.25) is 5.82 Å². The molecule has 5 heteroatoms. The fourth-order valence-corrected chi connectivity index (χ4v) is 3.49. The third-order valence-electron chi connectivity index (χ3n) is 5.79. The first-order valence-electron chi connectivity index (χ1n) is 9.37. The smallest absolute Gasteiger partial charge is 0.403 e. The van der Waals surface area contributed by atoms with Crippen LogP contribution >= 0.6 is 0 Å². The molecule has 25 heavy (non-hydrogen) atoms. The molecule has 2 rings (SSSR count). The van der Waals surface area contributed by atoms with Crippen LogP contribution in [0.5, 0.6) is 0 Å². The lowest BCUT2D eigenvalue weighted by Gasteiger charge is -2.32. The van der Waals surface area contributed by atoms with Gasteiger partial charge >= 0.3 is 7.12 Å². The maximum absolute atomic E-state index is 12.0. The Morgan fingerprint density at radius 1 is 1.12 bits per heavy atom. The van der Waals surface area contributed by atoms with Gasteiger partial charge in [-0.25, -0.2) is 0 Å². The molecule has 0 saturated carbocycles. The lowest BCUT2D eigenvalue weighted by molar-refractivity contribution is -0.122. The molecule has 1 aromatic carbocycles. The normalized spacial score (nSPS) is 21.1. The number of aryl methyl sites for hydroxylation is 1. The van der Waals surface area contributed by atoms with Crippen LogP contribution in [0.25, 0.3) is 0 Å². The van der Waals surface area contributed by atoms with Gasteiger partial charge in [-0.15, -0.1) is 0 Å². The molecule has 0 radical (unpaired) electrons. The maximum atomic E-state index is 12.0. The third kappa shape index (κ3) is 4.65. The lowest BCUT2D eigenvalue weighted by Crippen LogP contribution is -2.41. The van der Waals surface area contributed by atoms with E-state index >= 15 is 0 Å². The molecule has 1 saturated heterocycles. The van der Waals surface area contributed by atoms with Crippen molar-refractivity contribution in [1.82, 2.24) is 0 Å². The van der Waals surface area contributed by atoms with Crippen LogP contribution < -0.4 is 5.73 Å². The molecule has 0 bridgehead atoms. The number of nitrogens with two attached hydrogens (primary N) is 1. The van der Waals surface area contributed by atoms with E-state index in [4.69, 9.17) is 15.0 Å². The van der Waals surface area contributed by atoms with E-state index in [1.54, 1.807) is 0 Å². The molecule has 4 nitrogen and oxygen atoms in total. The summed E-state index contributed by atoms with van der Waals surface area (Å²) in [6, 6.07) is 10.4. The van der Waals surface area contributed by atoms with Crippen molar-refractivity contribution in [3.63, 3.8) is 0 Å². The van der Waals surface area contributed by atoms with E-state index in [-0.39, 0.29) is 17.6 Å². The summed E-state index contributed by atoms with van der Waals surface area (Å²) >= 11 is 0. The molecule has 2 N–H and O–H groups in total. The van der Waals surface area contributed by atoms with Gasteiger partial charge in [0.2, 0.25) is 5.91 Å². The lowest BCUT2D eigenvalue weighted by atomic mass is 9.61. The van der Waals surface area contributed by atoms with Crippen LogP contribution in [0.15, 0.2) is 30.3 Å². The van der Waals surface area contributed by atoms with Crippen molar-refractivity contribution in [2.45, 2.75) is 77.3 Å². The predicted molar refractivity (Wildman–Crippen MR) is 102 cm³/mol. The fourth-order valence-electron chi connectivity index (χ4n) is 3.49. The van der Waals surface area contributed by atoms with Gasteiger partial charge in [-0.2, -0.15) is 0 Å². The van der Waals surface area contributed by atoms with Gasteiger partial charge in [-0.3, -0.25) is 4.79 Å². The van der Waals surface area contributed by atoms with E-state index < -0.39 is 18.3 Å². The van der Waals surface area contributed by atoms with Crippen molar-refractivity contribution in [1.29, 1.82) is 0 Å². The molecule has 0 aliphatic carbocycles. The Balaban J connectivity index is 2.10. The van der Waals surface area contributed by atoms with Crippen molar-refractivity contribution in [2.24, 2.45) is 11.7 Å². The highest BCUT2D eigenvalue weighted by Gasteiger charge is 2.55. The number of hydrogen-bond acceptors (Lipinski definition) is 3. The van der Waals surface area contributed by atoms with Crippen LogP contribution in [0.1, 0.15) is 59.4 Å².